The van der Waals surface area contributed by atoms with Crippen LogP contribution in [0.25, 0.3) is 0 Å². The van der Waals surface area contributed by atoms with E-state index in [1.165, 1.54) is 0 Å². The largest absolute Gasteiger partial charge is 0.480 e. The summed E-state index contributed by atoms with van der Waals surface area (Å²) in [5, 5.41) is 18.7. The topological polar surface area (TPSA) is 140 Å². The van der Waals surface area contributed by atoms with Gasteiger partial charge in [-0.25, -0.2) is 9.59 Å². The van der Waals surface area contributed by atoms with Gasteiger partial charge in [0.2, 0.25) is 0 Å². The maximum Gasteiger partial charge on any atom is 0.457 e. The van der Waals surface area contributed by atoms with Crippen molar-refractivity contribution in [2.45, 2.75) is 64.1 Å². The Labute approximate surface area is 165 Å². The van der Waals surface area contributed by atoms with Crippen molar-refractivity contribution in [3.8, 4) is 0 Å². The fourth-order valence-electron chi connectivity index (χ4n) is 3.65. The van der Waals surface area contributed by atoms with Crippen LogP contribution in [0.2, 0.25) is 6.32 Å². The smallest absolute Gasteiger partial charge is 0.457 e. The molecule has 0 spiro atoms. The molecule has 0 bridgehead atoms. The van der Waals surface area contributed by atoms with Crippen LogP contribution in [0.4, 0.5) is 4.79 Å². The number of aliphatic carboxylic acids is 1. The molecule has 0 aliphatic carbocycles. The molecule has 2 unspecified atom stereocenters. The maximum atomic E-state index is 11.7. The van der Waals surface area contributed by atoms with Crippen molar-refractivity contribution >= 4 is 29.3 Å². The first-order valence-corrected chi connectivity index (χ1v) is 10.8. The summed E-state index contributed by atoms with van der Waals surface area (Å²) in [5.74, 6) is -1.33. The Balaban J connectivity index is 2.07. The predicted octanol–water partition coefficient (Wildman–Crippen LogP) is 1.27. The normalized spacial score (nSPS) is 28.8. The molecule has 2 heterocycles. The molecule has 0 aromatic heterocycles. The van der Waals surface area contributed by atoms with E-state index >= 15 is 0 Å². The van der Waals surface area contributed by atoms with Gasteiger partial charge in [0.1, 0.15) is 6.04 Å². The molecular weight excluding hydrogens is 393 g/mol. The highest BCUT2D eigenvalue weighted by molar-refractivity contribution is 7.85. The second-order valence-electron chi connectivity index (χ2n) is 8.56. The lowest BCUT2D eigenvalue weighted by atomic mass is 9.67. The van der Waals surface area contributed by atoms with E-state index in [2.05, 4.69) is 0 Å². The van der Waals surface area contributed by atoms with Crippen LogP contribution in [0, 0.1) is 5.41 Å². The second kappa shape index (κ2) is 7.47. The van der Waals surface area contributed by atoms with Gasteiger partial charge in [0.15, 0.2) is 0 Å². The standard InChI is InChI=1S/C16H28BNO9S/c1-14(2)15(3,4)27-17(26-14)8-6-7-16(10-25-28(5,23)24)9-18(13(21)22)11(16)12(19)20/h11H,6-10H2,1-5H3,(H,19,20)(H,21,22). The third-order valence-electron chi connectivity index (χ3n) is 5.83. The summed E-state index contributed by atoms with van der Waals surface area (Å²) in [6.07, 6.45) is 0.684. The molecule has 2 saturated heterocycles. The second-order valence-corrected chi connectivity index (χ2v) is 10.2. The lowest BCUT2D eigenvalue weighted by Gasteiger charge is -2.53. The molecule has 28 heavy (non-hydrogen) atoms. The first-order chi connectivity index (χ1) is 12.6. The highest BCUT2D eigenvalue weighted by atomic mass is 32.2. The number of carboxylic acids is 1. The van der Waals surface area contributed by atoms with E-state index in [0.29, 0.717) is 12.7 Å². The summed E-state index contributed by atoms with van der Waals surface area (Å²) in [7, 11) is -4.28. The Morgan fingerprint density at radius 1 is 1.18 bits per heavy atom. The number of carboxylic acid groups (broad SMARTS) is 2. The zero-order valence-corrected chi connectivity index (χ0v) is 17.6. The third kappa shape index (κ3) is 4.61. The van der Waals surface area contributed by atoms with E-state index in [4.69, 9.17) is 13.5 Å². The number of carbonyl (C=O) groups is 2. The summed E-state index contributed by atoms with van der Waals surface area (Å²) >= 11 is 0. The average molecular weight is 421 g/mol. The summed E-state index contributed by atoms with van der Waals surface area (Å²) in [6.45, 7) is 7.18. The first-order valence-electron chi connectivity index (χ1n) is 9.03. The van der Waals surface area contributed by atoms with Crippen molar-refractivity contribution in [1.29, 1.82) is 0 Å². The van der Waals surface area contributed by atoms with Gasteiger partial charge in [-0.15, -0.1) is 0 Å². The van der Waals surface area contributed by atoms with Crippen molar-refractivity contribution in [2.24, 2.45) is 5.41 Å². The molecule has 1 amide bonds. The number of hydrogen-bond acceptors (Lipinski definition) is 7. The zero-order chi connectivity index (χ0) is 21.5. The number of nitrogens with zero attached hydrogens (tertiary/aromatic N) is 1. The van der Waals surface area contributed by atoms with E-state index in [9.17, 15) is 28.2 Å². The van der Waals surface area contributed by atoms with Gasteiger partial charge in [-0.1, -0.05) is 6.42 Å². The van der Waals surface area contributed by atoms with Gasteiger partial charge in [0.25, 0.3) is 10.1 Å². The molecular formula is C16H28BNO9S. The molecule has 0 aromatic rings. The van der Waals surface area contributed by atoms with Gasteiger partial charge in [-0.2, -0.15) is 8.42 Å². The van der Waals surface area contributed by atoms with Gasteiger partial charge in [0.05, 0.1) is 24.1 Å². The van der Waals surface area contributed by atoms with Gasteiger partial charge in [-0.3, -0.25) is 9.08 Å². The highest BCUT2D eigenvalue weighted by Gasteiger charge is 2.59. The molecule has 2 aliphatic rings. The molecule has 0 radical (unpaired) electrons. The Morgan fingerprint density at radius 3 is 2.14 bits per heavy atom. The van der Waals surface area contributed by atoms with Crippen molar-refractivity contribution in [3.63, 3.8) is 0 Å². The lowest BCUT2D eigenvalue weighted by molar-refractivity contribution is -0.165. The van der Waals surface area contributed by atoms with E-state index in [1.54, 1.807) is 0 Å². The molecule has 2 aliphatic heterocycles. The maximum absolute atomic E-state index is 11.7. The van der Waals surface area contributed by atoms with Crippen molar-refractivity contribution < 1.29 is 41.7 Å². The minimum atomic E-state index is -3.80. The highest BCUT2D eigenvalue weighted by Crippen LogP contribution is 2.44. The van der Waals surface area contributed by atoms with E-state index in [1.807, 2.05) is 27.7 Å². The SMILES string of the molecule is CC1(C)OB(CCCC2(COS(C)(=O)=O)CN(C(=O)O)C2C(=O)O)OC1(C)C. The monoisotopic (exact) mass is 421 g/mol. The molecule has 160 valence electrons. The van der Waals surface area contributed by atoms with E-state index in [-0.39, 0.29) is 13.0 Å². The van der Waals surface area contributed by atoms with Crippen LogP contribution in [-0.2, 0) is 28.4 Å². The third-order valence-corrected chi connectivity index (χ3v) is 6.38. The van der Waals surface area contributed by atoms with Crippen LogP contribution < -0.4 is 0 Å². The summed E-state index contributed by atoms with van der Waals surface area (Å²) in [5.41, 5.74) is -2.11. The summed E-state index contributed by atoms with van der Waals surface area (Å²) < 4.78 is 39.5. The average Bonchev–Trinajstić information content (AvgIpc) is 2.66. The molecule has 2 atom stereocenters. The molecule has 0 aromatic carbocycles. The van der Waals surface area contributed by atoms with Crippen molar-refractivity contribution in [2.75, 3.05) is 19.4 Å². The minimum absolute atomic E-state index is 0.113. The molecule has 0 saturated carbocycles. The van der Waals surface area contributed by atoms with Crippen LogP contribution in [0.1, 0.15) is 40.5 Å². The van der Waals surface area contributed by atoms with Gasteiger partial charge in [0, 0.05) is 12.0 Å². The first kappa shape index (κ1) is 22.9. The Hall–Kier alpha value is -1.37. The Kier molecular flexibility index (Phi) is 6.11. The molecule has 2 fully saturated rings. The van der Waals surface area contributed by atoms with Crippen LogP contribution in [0.5, 0.6) is 0 Å². The summed E-state index contributed by atoms with van der Waals surface area (Å²) in [6, 6.07) is -1.37. The number of amides is 1. The molecule has 2 N–H and O–H groups in total. The lowest BCUT2D eigenvalue weighted by Crippen LogP contribution is -2.70. The summed E-state index contributed by atoms with van der Waals surface area (Å²) in [4.78, 5) is 23.7. The Bertz CT molecular complexity index is 722. The molecule has 10 nitrogen and oxygen atoms in total. The Morgan fingerprint density at radius 2 is 1.71 bits per heavy atom. The number of rotatable bonds is 8. The van der Waals surface area contributed by atoms with Crippen LogP contribution in [0.3, 0.4) is 0 Å². The van der Waals surface area contributed by atoms with E-state index in [0.717, 1.165) is 11.2 Å². The van der Waals surface area contributed by atoms with Crippen LogP contribution >= 0.6 is 0 Å². The van der Waals surface area contributed by atoms with Crippen LogP contribution in [-0.4, -0.2) is 79.4 Å². The quantitative estimate of drug-likeness (QED) is 0.438. The minimum Gasteiger partial charge on any atom is -0.480 e. The molecule has 2 rings (SSSR count). The predicted molar refractivity (Wildman–Crippen MR) is 99.5 cm³/mol. The zero-order valence-electron chi connectivity index (χ0n) is 16.8. The fraction of sp³-hybridized carbons (Fsp3) is 0.875. The fourth-order valence-corrected chi connectivity index (χ4v) is 4.10. The van der Waals surface area contributed by atoms with Gasteiger partial charge in [-0.05, 0) is 40.4 Å². The van der Waals surface area contributed by atoms with E-state index < -0.39 is 58.6 Å². The van der Waals surface area contributed by atoms with Crippen LogP contribution in [0.15, 0.2) is 0 Å². The van der Waals surface area contributed by atoms with Crippen molar-refractivity contribution in [3.05, 3.63) is 0 Å². The van der Waals surface area contributed by atoms with Gasteiger partial charge >= 0.3 is 19.2 Å². The van der Waals surface area contributed by atoms with Gasteiger partial charge < -0.3 is 19.5 Å². The number of hydrogen-bond donors (Lipinski definition) is 2. The van der Waals surface area contributed by atoms with Crippen molar-refractivity contribution in [1.82, 2.24) is 4.90 Å². The molecule has 12 heteroatoms. The number of likely N-dealkylation sites (tertiary alicyclic amines) is 1.